The van der Waals surface area contributed by atoms with Gasteiger partial charge in [-0.05, 0) is 30.3 Å². The first-order chi connectivity index (χ1) is 14.1. The van der Waals surface area contributed by atoms with Gasteiger partial charge in [-0.2, -0.15) is 0 Å². The van der Waals surface area contributed by atoms with Gasteiger partial charge in [0.1, 0.15) is 22.9 Å². The minimum Gasteiger partial charge on any atom is -0.438 e. The summed E-state index contributed by atoms with van der Waals surface area (Å²) in [6.07, 6.45) is 0. The van der Waals surface area contributed by atoms with E-state index < -0.39 is 23.1 Å². The fourth-order valence-electron chi connectivity index (χ4n) is 3.14. The Morgan fingerprint density at radius 1 is 0.828 bits per heavy atom. The minimum atomic E-state index is -0.850. The normalized spacial score (nSPS) is 14.0. The number of para-hydroxylation sites is 1. The number of carbonyl (C=O) groups is 1. The van der Waals surface area contributed by atoms with Gasteiger partial charge in [0, 0.05) is 32.2 Å². The number of amides is 1. The summed E-state index contributed by atoms with van der Waals surface area (Å²) in [6.45, 7) is 1.62. The number of ether oxygens (including phenoxy) is 1. The van der Waals surface area contributed by atoms with Gasteiger partial charge in [0.25, 0.3) is 5.91 Å². The van der Waals surface area contributed by atoms with Crippen LogP contribution >= 0.6 is 0 Å². The van der Waals surface area contributed by atoms with E-state index in [4.69, 9.17) is 4.74 Å². The summed E-state index contributed by atoms with van der Waals surface area (Å²) >= 11 is 0. The molecule has 1 saturated heterocycles. The predicted octanol–water partition coefficient (Wildman–Crippen LogP) is 3.51. The fourth-order valence-corrected chi connectivity index (χ4v) is 3.14. The lowest BCUT2D eigenvalue weighted by molar-refractivity contribution is 0.0736. The summed E-state index contributed by atoms with van der Waals surface area (Å²) in [7, 11) is 0. The van der Waals surface area contributed by atoms with Crippen molar-refractivity contribution in [2.75, 3.05) is 31.1 Å². The van der Waals surface area contributed by atoms with E-state index in [1.54, 1.807) is 12.1 Å². The molecule has 4 rings (SSSR count). The SMILES string of the molecule is O=C(c1c(F)cccc1F)N1CCN(c2ccc(Oc3ccccc3)nn2)CC1. The highest BCUT2D eigenvalue weighted by atomic mass is 19.1. The number of halogens is 2. The van der Waals surface area contributed by atoms with Crippen molar-refractivity contribution in [2.45, 2.75) is 0 Å². The lowest BCUT2D eigenvalue weighted by Gasteiger charge is -2.35. The van der Waals surface area contributed by atoms with Crippen molar-refractivity contribution in [3.63, 3.8) is 0 Å². The number of anilines is 1. The minimum absolute atomic E-state index is 0.330. The van der Waals surface area contributed by atoms with E-state index in [9.17, 15) is 13.6 Å². The molecule has 0 unspecified atom stereocenters. The molecule has 1 amide bonds. The second-order valence-electron chi connectivity index (χ2n) is 6.52. The standard InChI is InChI=1S/C21H18F2N4O2/c22-16-7-4-8-17(23)20(16)21(28)27-13-11-26(12-14-27)18-9-10-19(25-24-18)29-15-5-2-1-3-6-15/h1-10H,11-14H2. The Kier molecular flexibility index (Phi) is 5.33. The predicted molar refractivity (Wildman–Crippen MR) is 103 cm³/mol. The molecule has 29 heavy (non-hydrogen) atoms. The molecular formula is C21H18F2N4O2. The van der Waals surface area contributed by atoms with E-state index in [-0.39, 0.29) is 0 Å². The van der Waals surface area contributed by atoms with Crippen molar-refractivity contribution in [2.24, 2.45) is 0 Å². The van der Waals surface area contributed by atoms with Crippen molar-refractivity contribution in [1.82, 2.24) is 15.1 Å². The highest BCUT2D eigenvalue weighted by Gasteiger charge is 2.27. The van der Waals surface area contributed by atoms with Crippen LogP contribution in [-0.2, 0) is 0 Å². The summed E-state index contributed by atoms with van der Waals surface area (Å²) < 4.78 is 33.4. The van der Waals surface area contributed by atoms with Gasteiger partial charge in [-0.15, -0.1) is 10.2 Å². The fraction of sp³-hybridized carbons (Fsp3) is 0.190. The Morgan fingerprint density at radius 2 is 1.52 bits per heavy atom. The average molecular weight is 396 g/mol. The van der Waals surface area contributed by atoms with Crippen LogP contribution in [0, 0.1) is 11.6 Å². The van der Waals surface area contributed by atoms with Gasteiger partial charge in [-0.1, -0.05) is 24.3 Å². The van der Waals surface area contributed by atoms with Crippen LogP contribution in [0.25, 0.3) is 0 Å². The van der Waals surface area contributed by atoms with Crippen molar-refractivity contribution in [3.8, 4) is 11.6 Å². The van der Waals surface area contributed by atoms with E-state index >= 15 is 0 Å². The Bertz CT molecular complexity index is 971. The molecular weight excluding hydrogens is 378 g/mol. The van der Waals surface area contributed by atoms with Crippen LogP contribution in [0.1, 0.15) is 10.4 Å². The quantitative estimate of drug-likeness (QED) is 0.676. The monoisotopic (exact) mass is 396 g/mol. The van der Waals surface area contributed by atoms with Crippen LogP contribution in [-0.4, -0.2) is 47.2 Å². The molecule has 148 valence electrons. The maximum atomic E-state index is 13.9. The van der Waals surface area contributed by atoms with Crippen molar-refractivity contribution < 1.29 is 18.3 Å². The van der Waals surface area contributed by atoms with E-state index in [0.29, 0.717) is 43.6 Å². The van der Waals surface area contributed by atoms with Crippen molar-refractivity contribution in [3.05, 3.63) is 77.9 Å². The second kappa shape index (κ2) is 8.22. The zero-order valence-corrected chi connectivity index (χ0v) is 15.5. The first-order valence-electron chi connectivity index (χ1n) is 9.17. The molecule has 1 aromatic heterocycles. The van der Waals surface area contributed by atoms with Gasteiger partial charge in [0.15, 0.2) is 5.82 Å². The second-order valence-corrected chi connectivity index (χ2v) is 6.52. The zero-order chi connectivity index (χ0) is 20.2. The molecule has 0 spiro atoms. The van der Waals surface area contributed by atoms with E-state index in [1.807, 2.05) is 35.2 Å². The summed E-state index contributed by atoms with van der Waals surface area (Å²) in [5.41, 5.74) is -0.511. The molecule has 3 aromatic rings. The maximum Gasteiger partial charge on any atom is 0.259 e. The van der Waals surface area contributed by atoms with Gasteiger partial charge in [0.2, 0.25) is 5.88 Å². The van der Waals surface area contributed by atoms with E-state index in [0.717, 1.165) is 12.1 Å². The third kappa shape index (κ3) is 4.16. The highest BCUT2D eigenvalue weighted by molar-refractivity contribution is 5.95. The van der Waals surface area contributed by atoms with Gasteiger partial charge < -0.3 is 14.5 Å². The molecule has 8 heteroatoms. The average Bonchev–Trinajstić information content (AvgIpc) is 2.75. The third-order valence-electron chi connectivity index (χ3n) is 4.66. The molecule has 1 aliphatic heterocycles. The number of benzene rings is 2. The largest absolute Gasteiger partial charge is 0.438 e. The first-order valence-corrected chi connectivity index (χ1v) is 9.17. The topological polar surface area (TPSA) is 58.6 Å². The molecule has 2 heterocycles. The summed E-state index contributed by atoms with van der Waals surface area (Å²) in [5, 5.41) is 8.26. The Balaban J connectivity index is 1.37. The molecule has 0 saturated carbocycles. The Morgan fingerprint density at radius 3 is 2.14 bits per heavy atom. The molecule has 6 nitrogen and oxygen atoms in total. The number of hydrogen-bond donors (Lipinski definition) is 0. The van der Waals surface area contributed by atoms with Gasteiger partial charge in [-0.3, -0.25) is 4.79 Å². The van der Waals surface area contributed by atoms with Crippen molar-refractivity contribution in [1.29, 1.82) is 0 Å². The molecule has 1 fully saturated rings. The summed E-state index contributed by atoms with van der Waals surface area (Å²) in [4.78, 5) is 15.9. The smallest absolute Gasteiger partial charge is 0.259 e. The van der Waals surface area contributed by atoms with Crippen LogP contribution in [0.2, 0.25) is 0 Å². The van der Waals surface area contributed by atoms with Crippen LogP contribution in [0.3, 0.4) is 0 Å². The molecule has 0 N–H and O–H groups in total. The van der Waals surface area contributed by atoms with Gasteiger partial charge in [-0.25, -0.2) is 8.78 Å². The number of carbonyl (C=O) groups excluding carboxylic acids is 1. The number of nitrogens with zero attached hydrogens (tertiary/aromatic N) is 4. The number of rotatable bonds is 4. The van der Waals surface area contributed by atoms with Crippen LogP contribution in [0.4, 0.5) is 14.6 Å². The first kappa shape index (κ1) is 18.8. The van der Waals surface area contributed by atoms with E-state index in [1.165, 1.54) is 11.0 Å². The number of hydrogen-bond acceptors (Lipinski definition) is 5. The van der Waals surface area contributed by atoms with E-state index in [2.05, 4.69) is 10.2 Å². The molecule has 1 aliphatic rings. The molecule has 0 atom stereocenters. The molecule has 0 bridgehead atoms. The third-order valence-corrected chi connectivity index (χ3v) is 4.66. The lowest BCUT2D eigenvalue weighted by atomic mass is 10.1. The van der Waals surface area contributed by atoms with Gasteiger partial charge in [0.05, 0.1) is 0 Å². The lowest BCUT2D eigenvalue weighted by Crippen LogP contribution is -2.49. The summed E-state index contributed by atoms with van der Waals surface area (Å²) in [6, 6.07) is 16.2. The van der Waals surface area contributed by atoms with Gasteiger partial charge >= 0.3 is 0 Å². The molecule has 0 radical (unpaired) electrons. The van der Waals surface area contributed by atoms with Crippen LogP contribution in [0.15, 0.2) is 60.7 Å². The number of aromatic nitrogens is 2. The van der Waals surface area contributed by atoms with Crippen molar-refractivity contribution >= 4 is 11.7 Å². The van der Waals surface area contributed by atoms with Crippen LogP contribution < -0.4 is 9.64 Å². The molecule has 0 aliphatic carbocycles. The highest BCUT2D eigenvalue weighted by Crippen LogP contribution is 2.21. The zero-order valence-electron chi connectivity index (χ0n) is 15.5. The number of piperazine rings is 1. The maximum absolute atomic E-state index is 13.9. The Hall–Kier alpha value is -3.55. The Labute approximate surface area is 166 Å². The molecule has 2 aromatic carbocycles. The summed E-state index contributed by atoms with van der Waals surface area (Å²) in [5.74, 6) is -0.645. The van der Waals surface area contributed by atoms with Crippen LogP contribution in [0.5, 0.6) is 11.6 Å².